The zero-order valence-electron chi connectivity index (χ0n) is 17.6. The number of fused-ring (bicyclic) bond motifs is 1. The number of nitrogens with zero attached hydrogens (tertiary/aromatic N) is 2. The Balaban J connectivity index is 1.27. The van der Waals surface area contributed by atoms with Crippen LogP contribution in [-0.2, 0) is 22.3 Å². The van der Waals surface area contributed by atoms with Crippen LogP contribution in [0.5, 0.6) is 0 Å². The third-order valence-corrected chi connectivity index (χ3v) is 5.18. The van der Waals surface area contributed by atoms with Crippen molar-refractivity contribution in [1.82, 2.24) is 9.88 Å². The van der Waals surface area contributed by atoms with Crippen molar-refractivity contribution in [3.05, 3.63) is 23.4 Å². The fourth-order valence-corrected chi connectivity index (χ4v) is 3.70. The molecule has 156 valence electrons. The van der Waals surface area contributed by atoms with Crippen LogP contribution < -0.4 is 5.32 Å². The van der Waals surface area contributed by atoms with Gasteiger partial charge in [0.15, 0.2) is 0 Å². The molecule has 2 aliphatic heterocycles. The lowest BCUT2D eigenvalue weighted by atomic mass is 10.1. The number of aromatic nitrogens is 1. The molecule has 1 aromatic rings. The lowest BCUT2D eigenvalue weighted by Gasteiger charge is -2.24. The molecule has 1 N–H and O–H groups in total. The topological polar surface area (TPSA) is 63.7 Å². The zero-order valence-corrected chi connectivity index (χ0v) is 17.6. The number of ether oxygens (including phenoxy) is 2. The number of amides is 1. The van der Waals surface area contributed by atoms with Gasteiger partial charge < -0.3 is 19.7 Å². The van der Waals surface area contributed by atoms with Gasteiger partial charge in [-0.2, -0.15) is 0 Å². The summed E-state index contributed by atoms with van der Waals surface area (Å²) in [6, 6.07) is 4.40. The molecule has 1 aromatic heterocycles. The van der Waals surface area contributed by atoms with Crippen LogP contribution in [0.3, 0.4) is 0 Å². The minimum Gasteiger partial charge on any atom is -0.444 e. The van der Waals surface area contributed by atoms with Gasteiger partial charge in [0.25, 0.3) is 0 Å². The molecule has 0 saturated carbocycles. The van der Waals surface area contributed by atoms with E-state index in [9.17, 15) is 4.79 Å². The molecule has 3 rings (SSSR count). The van der Waals surface area contributed by atoms with Crippen LogP contribution in [-0.4, -0.2) is 53.9 Å². The third kappa shape index (κ3) is 6.36. The molecule has 0 radical (unpaired) electrons. The molecule has 1 fully saturated rings. The molecule has 6 nitrogen and oxygen atoms in total. The lowest BCUT2D eigenvalue weighted by molar-refractivity contribution is 0.0206. The van der Waals surface area contributed by atoms with Crippen molar-refractivity contribution in [2.45, 2.75) is 77.4 Å². The number of carbonyl (C=O) groups excluding carboxylic acids is 1. The summed E-state index contributed by atoms with van der Waals surface area (Å²) in [6.45, 7) is 8.83. The molecular formula is C22H35N3O3. The summed E-state index contributed by atoms with van der Waals surface area (Å²) in [5.74, 6) is 1.09. The minimum absolute atomic E-state index is 0.140. The van der Waals surface area contributed by atoms with E-state index in [4.69, 9.17) is 14.5 Å². The largest absolute Gasteiger partial charge is 0.444 e. The van der Waals surface area contributed by atoms with Gasteiger partial charge in [0.05, 0.1) is 12.6 Å². The van der Waals surface area contributed by atoms with Crippen LogP contribution in [0.1, 0.15) is 64.1 Å². The Hall–Kier alpha value is -1.82. The van der Waals surface area contributed by atoms with E-state index in [1.165, 1.54) is 17.7 Å². The minimum atomic E-state index is -0.445. The highest BCUT2D eigenvalue weighted by Crippen LogP contribution is 2.21. The molecule has 1 amide bonds. The van der Waals surface area contributed by atoms with Crippen molar-refractivity contribution >= 4 is 11.9 Å². The van der Waals surface area contributed by atoms with Gasteiger partial charge in [-0.15, -0.1) is 0 Å². The number of hydrogen-bond acceptors (Lipinski definition) is 5. The van der Waals surface area contributed by atoms with Crippen LogP contribution in [0.25, 0.3) is 0 Å². The summed E-state index contributed by atoms with van der Waals surface area (Å²) < 4.78 is 11.4. The quantitative estimate of drug-likeness (QED) is 0.709. The van der Waals surface area contributed by atoms with E-state index < -0.39 is 5.60 Å². The molecule has 1 saturated heterocycles. The highest BCUT2D eigenvalue weighted by molar-refractivity contribution is 5.68. The molecule has 6 heteroatoms. The lowest BCUT2D eigenvalue weighted by Crippen LogP contribution is -2.36. The standard InChI is InChI=1S/C22H35N3O3/c1-22(2,3)28-21(26)25-14-12-19(16-25)27-15-6-4-5-9-18-11-10-17-8-7-13-23-20(17)24-18/h10-11,19H,4-9,12-16H2,1-3H3,(H,23,24). The number of likely N-dealkylation sites (tertiary alicyclic amines) is 1. The average Bonchev–Trinajstić information content (AvgIpc) is 3.12. The Morgan fingerprint density at radius 3 is 2.96 bits per heavy atom. The van der Waals surface area contributed by atoms with E-state index in [1.807, 2.05) is 20.8 Å². The molecule has 2 aliphatic rings. The molecule has 28 heavy (non-hydrogen) atoms. The second kappa shape index (κ2) is 9.59. The summed E-state index contributed by atoms with van der Waals surface area (Å²) in [7, 11) is 0. The molecule has 0 bridgehead atoms. The Bertz CT molecular complexity index is 657. The first-order valence-corrected chi connectivity index (χ1v) is 10.7. The van der Waals surface area contributed by atoms with Gasteiger partial charge in [-0.3, -0.25) is 0 Å². The van der Waals surface area contributed by atoms with E-state index in [-0.39, 0.29) is 12.2 Å². The maximum absolute atomic E-state index is 12.1. The normalized spacial score (nSPS) is 19.2. The Morgan fingerprint density at radius 2 is 2.14 bits per heavy atom. The second-order valence-electron chi connectivity index (χ2n) is 8.86. The fraction of sp³-hybridized carbons (Fsp3) is 0.727. The van der Waals surface area contributed by atoms with Crippen LogP contribution in [0.15, 0.2) is 12.1 Å². The number of pyridine rings is 1. The SMILES string of the molecule is CC(C)(C)OC(=O)N1CCC(OCCCCCc2ccc3c(n2)NCCC3)C1. The monoisotopic (exact) mass is 389 g/mol. The smallest absolute Gasteiger partial charge is 0.410 e. The molecule has 0 spiro atoms. The average molecular weight is 390 g/mol. The van der Waals surface area contributed by atoms with Gasteiger partial charge in [0, 0.05) is 25.4 Å². The van der Waals surface area contributed by atoms with Gasteiger partial charge >= 0.3 is 6.09 Å². The van der Waals surface area contributed by atoms with E-state index in [2.05, 4.69) is 17.4 Å². The van der Waals surface area contributed by atoms with Crippen molar-refractivity contribution in [3.63, 3.8) is 0 Å². The van der Waals surface area contributed by atoms with Crippen molar-refractivity contribution in [2.24, 2.45) is 0 Å². The zero-order chi connectivity index (χ0) is 20.0. The number of carbonyl (C=O) groups is 1. The van der Waals surface area contributed by atoms with Crippen molar-refractivity contribution in [1.29, 1.82) is 0 Å². The third-order valence-electron chi connectivity index (χ3n) is 5.18. The highest BCUT2D eigenvalue weighted by atomic mass is 16.6. The molecule has 3 heterocycles. The van der Waals surface area contributed by atoms with Crippen LogP contribution in [0, 0.1) is 0 Å². The number of rotatable bonds is 7. The number of unbranched alkanes of at least 4 members (excludes halogenated alkanes) is 2. The van der Waals surface area contributed by atoms with Gasteiger partial charge in [-0.1, -0.05) is 12.5 Å². The molecule has 0 aromatic carbocycles. The van der Waals surface area contributed by atoms with Gasteiger partial charge in [0.1, 0.15) is 11.4 Å². The summed E-state index contributed by atoms with van der Waals surface area (Å²) in [5.41, 5.74) is 2.08. The number of anilines is 1. The predicted molar refractivity (Wildman–Crippen MR) is 111 cm³/mol. The Morgan fingerprint density at radius 1 is 1.29 bits per heavy atom. The summed E-state index contributed by atoms with van der Waals surface area (Å²) in [4.78, 5) is 18.6. The summed E-state index contributed by atoms with van der Waals surface area (Å²) in [6.07, 6.45) is 7.47. The number of aryl methyl sites for hydroxylation is 2. The second-order valence-corrected chi connectivity index (χ2v) is 8.86. The molecule has 1 atom stereocenters. The predicted octanol–water partition coefficient (Wildman–Crippen LogP) is 4.18. The van der Waals surface area contributed by atoms with Crippen molar-refractivity contribution < 1.29 is 14.3 Å². The fourth-order valence-electron chi connectivity index (χ4n) is 3.70. The van der Waals surface area contributed by atoms with Gasteiger partial charge in [-0.05, 0) is 70.9 Å². The highest BCUT2D eigenvalue weighted by Gasteiger charge is 2.30. The number of hydrogen-bond donors (Lipinski definition) is 1. The maximum atomic E-state index is 12.1. The molecular weight excluding hydrogens is 354 g/mol. The van der Waals surface area contributed by atoms with E-state index in [0.29, 0.717) is 6.54 Å². The van der Waals surface area contributed by atoms with E-state index in [1.54, 1.807) is 4.90 Å². The Kier molecular flexibility index (Phi) is 7.16. The van der Waals surface area contributed by atoms with Gasteiger partial charge in [0.2, 0.25) is 0 Å². The first-order valence-electron chi connectivity index (χ1n) is 10.7. The van der Waals surface area contributed by atoms with Crippen LogP contribution in [0.4, 0.5) is 10.6 Å². The van der Waals surface area contributed by atoms with E-state index >= 15 is 0 Å². The van der Waals surface area contributed by atoms with E-state index in [0.717, 1.165) is 64.0 Å². The van der Waals surface area contributed by atoms with Crippen molar-refractivity contribution in [2.75, 3.05) is 31.6 Å². The van der Waals surface area contributed by atoms with Crippen LogP contribution >= 0.6 is 0 Å². The molecule has 0 aliphatic carbocycles. The first kappa shape index (κ1) is 20.9. The summed E-state index contributed by atoms with van der Waals surface area (Å²) >= 11 is 0. The molecule has 1 unspecified atom stereocenters. The maximum Gasteiger partial charge on any atom is 0.410 e. The van der Waals surface area contributed by atoms with Crippen LogP contribution in [0.2, 0.25) is 0 Å². The summed E-state index contributed by atoms with van der Waals surface area (Å²) in [5, 5.41) is 3.40. The van der Waals surface area contributed by atoms with Crippen molar-refractivity contribution in [3.8, 4) is 0 Å². The Labute approximate surface area is 169 Å². The first-order chi connectivity index (χ1) is 13.4. The number of nitrogens with one attached hydrogen (secondary N) is 1. The van der Waals surface area contributed by atoms with Gasteiger partial charge in [-0.25, -0.2) is 9.78 Å².